The second kappa shape index (κ2) is 7.42. The monoisotopic (exact) mass is 347 g/mol. The van der Waals surface area contributed by atoms with E-state index in [1.807, 2.05) is 16.7 Å². The fourth-order valence-corrected chi connectivity index (χ4v) is 4.26. The summed E-state index contributed by atoms with van der Waals surface area (Å²) in [5, 5.41) is 2.88. The van der Waals surface area contributed by atoms with Gasteiger partial charge in [-0.3, -0.25) is 4.79 Å². The number of benzene rings is 1. The molecule has 1 spiro atoms. The molecule has 2 aliphatic heterocycles. The minimum atomic E-state index is -0.303. The molecule has 0 radical (unpaired) electrons. The van der Waals surface area contributed by atoms with Crippen molar-refractivity contribution < 1.29 is 14.0 Å². The van der Waals surface area contributed by atoms with Crippen LogP contribution in [0.1, 0.15) is 44.6 Å². The summed E-state index contributed by atoms with van der Waals surface area (Å²) in [4.78, 5) is 28.7. The third kappa shape index (κ3) is 3.78. The van der Waals surface area contributed by atoms with Crippen LogP contribution in [0.25, 0.3) is 0 Å². The van der Waals surface area contributed by atoms with Crippen LogP contribution < -0.4 is 5.32 Å². The van der Waals surface area contributed by atoms with Crippen LogP contribution in [0.4, 0.5) is 9.18 Å². The number of nitrogens with zero attached hydrogens (tertiary/aromatic N) is 2. The van der Waals surface area contributed by atoms with E-state index in [0.717, 1.165) is 31.2 Å². The van der Waals surface area contributed by atoms with E-state index in [1.165, 1.54) is 12.1 Å². The van der Waals surface area contributed by atoms with Crippen molar-refractivity contribution >= 4 is 11.9 Å². The summed E-state index contributed by atoms with van der Waals surface area (Å²) in [6, 6.07) is 6.10. The molecule has 1 N–H and O–H groups in total. The molecule has 0 aliphatic carbocycles. The number of carbonyl (C=O) groups is 2. The summed E-state index contributed by atoms with van der Waals surface area (Å²) in [5.41, 5.74) is 0.529. The van der Waals surface area contributed by atoms with Crippen LogP contribution in [0.3, 0.4) is 0 Å². The molecule has 1 unspecified atom stereocenters. The SMILES string of the molecule is CCN1C(=O)CCCC12CCCN(C(=O)NCc1cccc(F)c1)C2. The number of rotatable bonds is 3. The fourth-order valence-electron chi connectivity index (χ4n) is 4.26. The summed E-state index contributed by atoms with van der Waals surface area (Å²) < 4.78 is 13.2. The number of hydrogen-bond acceptors (Lipinski definition) is 2. The predicted molar refractivity (Wildman–Crippen MR) is 93.4 cm³/mol. The van der Waals surface area contributed by atoms with Crippen molar-refractivity contribution in [2.24, 2.45) is 0 Å². The van der Waals surface area contributed by atoms with Gasteiger partial charge >= 0.3 is 6.03 Å². The normalized spacial score (nSPS) is 23.8. The molecule has 2 fully saturated rings. The zero-order chi connectivity index (χ0) is 17.9. The third-order valence-corrected chi connectivity index (χ3v) is 5.40. The highest BCUT2D eigenvalue weighted by Gasteiger charge is 2.45. The summed E-state index contributed by atoms with van der Waals surface area (Å²) in [6.45, 7) is 4.28. The molecule has 2 heterocycles. The Bertz CT molecular complexity index is 647. The van der Waals surface area contributed by atoms with Crippen molar-refractivity contribution in [3.05, 3.63) is 35.6 Å². The van der Waals surface area contributed by atoms with E-state index in [0.29, 0.717) is 32.6 Å². The highest BCUT2D eigenvalue weighted by molar-refractivity contribution is 5.79. The zero-order valence-corrected chi connectivity index (χ0v) is 14.8. The van der Waals surface area contributed by atoms with Crippen molar-refractivity contribution in [3.8, 4) is 0 Å². The van der Waals surface area contributed by atoms with Gasteiger partial charge < -0.3 is 15.1 Å². The third-order valence-electron chi connectivity index (χ3n) is 5.40. The lowest BCUT2D eigenvalue weighted by atomic mass is 9.79. The van der Waals surface area contributed by atoms with Gasteiger partial charge in [0.15, 0.2) is 0 Å². The highest BCUT2D eigenvalue weighted by atomic mass is 19.1. The number of hydrogen-bond donors (Lipinski definition) is 1. The number of likely N-dealkylation sites (tertiary alicyclic amines) is 2. The van der Waals surface area contributed by atoms with Gasteiger partial charge in [-0.15, -0.1) is 0 Å². The number of likely N-dealkylation sites (N-methyl/N-ethyl adjacent to an activating group) is 1. The zero-order valence-electron chi connectivity index (χ0n) is 14.8. The standard InChI is InChI=1S/C19H26FN3O2/c1-2-23-17(24)8-4-9-19(23)10-5-11-22(14-19)18(25)21-13-15-6-3-7-16(20)12-15/h3,6-7,12H,2,4-5,8-11,13-14H2,1H3,(H,21,25). The van der Waals surface area contributed by atoms with Crippen molar-refractivity contribution in [1.82, 2.24) is 15.1 Å². The van der Waals surface area contributed by atoms with Gasteiger partial charge in [0, 0.05) is 32.6 Å². The number of piperidine rings is 2. The lowest BCUT2D eigenvalue weighted by Gasteiger charge is -2.51. The van der Waals surface area contributed by atoms with E-state index >= 15 is 0 Å². The van der Waals surface area contributed by atoms with E-state index < -0.39 is 0 Å². The quantitative estimate of drug-likeness (QED) is 0.914. The summed E-state index contributed by atoms with van der Waals surface area (Å²) >= 11 is 0. The Kier molecular flexibility index (Phi) is 5.25. The Morgan fingerprint density at radius 1 is 1.32 bits per heavy atom. The second-order valence-corrected chi connectivity index (χ2v) is 7.03. The molecule has 2 saturated heterocycles. The number of carbonyl (C=O) groups excluding carboxylic acids is 2. The highest BCUT2D eigenvalue weighted by Crippen LogP contribution is 2.36. The van der Waals surface area contributed by atoms with Gasteiger partial charge in [0.05, 0.1) is 5.54 Å². The summed E-state index contributed by atoms with van der Waals surface area (Å²) in [5.74, 6) is -0.0984. The molecular weight excluding hydrogens is 321 g/mol. The molecule has 25 heavy (non-hydrogen) atoms. The van der Waals surface area contributed by atoms with Crippen molar-refractivity contribution in [2.75, 3.05) is 19.6 Å². The first-order valence-electron chi connectivity index (χ1n) is 9.12. The molecule has 6 heteroatoms. The van der Waals surface area contributed by atoms with Crippen LogP contribution in [0, 0.1) is 5.82 Å². The maximum Gasteiger partial charge on any atom is 0.317 e. The Labute approximate surface area is 148 Å². The van der Waals surface area contributed by atoms with Crippen molar-refractivity contribution in [3.63, 3.8) is 0 Å². The lowest BCUT2D eigenvalue weighted by molar-refractivity contribution is -0.144. The minimum absolute atomic E-state index is 0.141. The van der Waals surface area contributed by atoms with Crippen LogP contribution in [0.2, 0.25) is 0 Å². The van der Waals surface area contributed by atoms with Gasteiger partial charge in [-0.1, -0.05) is 12.1 Å². The Morgan fingerprint density at radius 2 is 2.12 bits per heavy atom. The van der Waals surface area contributed by atoms with Crippen LogP contribution in [0.15, 0.2) is 24.3 Å². The molecule has 5 nitrogen and oxygen atoms in total. The number of nitrogens with one attached hydrogen (secondary N) is 1. The topological polar surface area (TPSA) is 52.7 Å². The predicted octanol–water partition coefficient (Wildman–Crippen LogP) is 2.90. The molecule has 1 atom stereocenters. The first-order valence-corrected chi connectivity index (χ1v) is 9.12. The van der Waals surface area contributed by atoms with Crippen LogP contribution in [-0.2, 0) is 11.3 Å². The van der Waals surface area contributed by atoms with Crippen molar-refractivity contribution in [2.45, 2.75) is 51.1 Å². The molecule has 0 bridgehead atoms. The molecule has 1 aromatic carbocycles. The van der Waals surface area contributed by atoms with E-state index in [1.54, 1.807) is 12.1 Å². The average Bonchev–Trinajstić information content (AvgIpc) is 2.60. The summed E-state index contributed by atoms with van der Waals surface area (Å²) in [7, 11) is 0. The molecule has 1 aromatic rings. The van der Waals surface area contributed by atoms with E-state index in [2.05, 4.69) is 5.32 Å². The first-order chi connectivity index (χ1) is 12.0. The van der Waals surface area contributed by atoms with Gasteiger partial charge in [-0.25, -0.2) is 9.18 Å². The van der Waals surface area contributed by atoms with Gasteiger partial charge in [0.1, 0.15) is 5.82 Å². The maximum absolute atomic E-state index is 13.2. The number of urea groups is 1. The van der Waals surface area contributed by atoms with Gasteiger partial charge in [-0.2, -0.15) is 0 Å². The molecule has 2 aliphatic rings. The van der Waals surface area contributed by atoms with E-state index in [4.69, 9.17) is 0 Å². The Balaban J connectivity index is 1.64. The first kappa shape index (κ1) is 17.7. The largest absolute Gasteiger partial charge is 0.336 e. The molecule has 0 saturated carbocycles. The van der Waals surface area contributed by atoms with Crippen LogP contribution in [0.5, 0.6) is 0 Å². The molecule has 3 rings (SSSR count). The lowest BCUT2D eigenvalue weighted by Crippen LogP contribution is -2.63. The van der Waals surface area contributed by atoms with Gasteiger partial charge in [0.2, 0.25) is 5.91 Å². The molecule has 136 valence electrons. The molecular formula is C19H26FN3O2. The Hall–Kier alpha value is -2.11. The Morgan fingerprint density at radius 3 is 2.88 bits per heavy atom. The average molecular weight is 347 g/mol. The molecule has 3 amide bonds. The van der Waals surface area contributed by atoms with Gasteiger partial charge in [0.25, 0.3) is 0 Å². The number of halogens is 1. The number of amides is 3. The van der Waals surface area contributed by atoms with Crippen LogP contribution in [-0.4, -0.2) is 46.9 Å². The van der Waals surface area contributed by atoms with Crippen LogP contribution >= 0.6 is 0 Å². The van der Waals surface area contributed by atoms with Gasteiger partial charge in [-0.05, 0) is 50.3 Å². The fraction of sp³-hybridized carbons (Fsp3) is 0.579. The van der Waals surface area contributed by atoms with E-state index in [9.17, 15) is 14.0 Å². The smallest absolute Gasteiger partial charge is 0.317 e. The van der Waals surface area contributed by atoms with E-state index in [-0.39, 0.29) is 23.3 Å². The van der Waals surface area contributed by atoms with Crippen molar-refractivity contribution in [1.29, 1.82) is 0 Å². The summed E-state index contributed by atoms with van der Waals surface area (Å²) in [6.07, 6.45) is 4.33. The molecule has 0 aromatic heterocycles. The maximum atomic E-state index is 13.2. The second-order valence-electron chi connectivity index (χ2n) is 7.03. The minimum Gasteiger partial charge on any atom is -0.336 e.